The lowest BCUT2D eigenvalue weighted by Crippen LogP contribution is -2.41. The van der Waals surface area contributed by atoms with Crippen molar-refractivity contribution >= 4 is 24.1 Å². The Kier molecular flexibility index (Phi) is 9.93. The molecule has 0 saturated heterocycles. The van der Waals surface area contributed by atoms with Crippen LogP contribution in [0.4, 0.5) is 9.59 Å². The minimum atomic E-state index is -2.01. The van der Waals surface area contributed by atoms with E-state index in [4.69, 9.17) is 9.47 Å². The van der Waals surface area contributed by atoms with Gasteiger partial charge in [-0.3, -0.25) is 9.59 Å². The number of hydrogen-bond acceptors (Lipinski definition) is 6. The van der Waals surface area contributed by atoms with Crippen LogP contribution < -0.4 is 10.6 Å². The fourth-order valence-electron chi connectivity index (χ4n) is 2.43. The molecular weight excluding hydrogens is 384 g/mol. The monoisotopic (exact) mass is 418 g/mol. The van der Waals surface area contributed by atoms with E-state index < -0.39 is 40.7 Å². The second kappa shape index (κ2) is 10.9. The van der Waals surface area contributed by atoms with E-state index in [-0.39, 0.29) is 38.8 Å². The molecule has 0 radical (unpaired) electrons. The molecule has 0 saturated carbocycles. The van der Waals surface area contributed by atoms with Gasteiger partial charge in [0, 0.05) is 13.1 Å². The molecule has 0 spiro atoms. The molecule has 0 atom stereocenters. The standard InChI is InChI=1S/C19H34N2O8/c1-17(2,3)28-15(26)20-11-7-9-19(13(22)23,14(24)25)10-8-12-21-16(27)29-18(4,5)6/h7-12H2,1-6H3,(H,20,26)(H,21,27)(H,22,23)(H,24,25). The number of carboxylic acids is 2. The average molecular weight is 418 g/mol. The number of alkyl carbamates (subject to hydrolysis) is 2. The summed E-state index contributed by atoms with van der Waals surface area (Å²) in [6, 6.07) is 0. The predicted octanol–water partition coefficient (Wildman–Crippen LogP) is 2.75. The molecule has 0 aromatic carbocycles. The van der Waals surface area contributed by atoms with E-state index in [1.54, 1.807) is 41.5 Å². The summed E-state index contributed by atoms with van der Waals surface area (Å²) in [7, 11) is 0. The molecule has 10 nitrogen and oxygen atoms in total. The van der Waals surface area contributed by atoms with Gasteiger partial charge >= 0.3 is 24.1 Å². The van der Waals surface area contributed by atoms with Crippen LogP contribution in [0.2, 0.25) is 0 Å². The molecule has 0 aliphatic heterocycles. The van der Waals surface area contributed by atoms with E-state index >= 15 is 0 Å². The first-order valence-corrected chi connectivity index (χ1v) is 9.49. The number of rotatable bonds is 10. The molecule has 0 heterocycles. The van der Waals surface area contributed by atoms with Gasteiger partial charge in [0.2, 0.25) is 0 Å². The first-order chi connectivity index (χ1) is 13.1. The Morgan fingerprint density at radius 2 is 1.00 bits per heavy atom. The third-order valence-corrected chi connectivity index (χ3v) is 3.72. The molecule has 10 heteroatoms. The van der Waals surface area contributed by atoms with Crippen molar-refractivity contribution in [3.63, 3.8) is 0 Å². The van der Waals surface area contributed by atoms with Crippen molar-refractivity contribution in [1.29, 1.82) is 0 Å². The minimum absolute atomic E-state index is 0.0768. The quantitative estimate of drug-likeness (QED) is 0.312. The zero-order chi connectivity index (χ0) is 22.9. The van der Waals surface area contributed by atoms with Crippen molar-refractivity contribution in [3.05, 3.63) is 0 Å². The normalized spacial score (nSPS) is 12.1. The zero-order valence-electron chi connectivity index (χ0n) is 18.1. The highest BCUT2D eigenvalue weighted by Gasteiger charge is 2.45. The minimum Gasteiger partial charge on any atom is -0.480 e. The number of ether oxygens (including phenoxy) is 2. The first kappa shape index (κ1) is 26.5. The van der Waals surface area contributed by atoms with Crippen molar-refractivity contribution in [2.24, 2.45) is 5.41 Å². The summed E-state index contributed by atoms with van der Waals surface area (Å²) in [4.78, 5) is 46.6. The maximum atomic E-state index is 11.7. The number of carbonyl (C=O) groups excluding carboxylic acids is 2. The van der Waals surface area contributed by atoms with E-state index in [1.165, 1.54) is 0 Å². The van der Waals surface area contributed by atoms with Crippen LogP contribution in [0.25, 0.3) is 0 Å². The molecule has 4 N–H and O–H groups in total. The summed E-state index contributed by atoms with van der Waals surface area (Å²) in [5.41, 5.74) is -3.35. The number of hydrogen-bond donors (Lipinski definition) is 4. The van der Waals surface area contributed by atoms with Gasteiger partial charge in [-0.25, -0.2) is 9.59 Å². The Labute approximate surface area is 171 Å². The second-order valence-corrected chi connectivity index (χ2v) is 8.76. The van der Waals surface area contributed by atoms with Gasteiger partial charge in [-0.15, -0.1) is 0 Å². The first-order valence-electron chi connectivity index (χ1n) is 9.49. The lowest BCUT2D eigenvalue weighted by molar-refractivity contribution is -0.166. The molecule has 0 unspecified atom stereocenters. The number of amides is 2. The fourth-order valence-corrected chi connectivity index (χ4v) is 2.43. The molecule has 168 valence electrons. The molecule has 2 amide bonds. The van der Waals surface area contributed by atoms with Gasteiger partial charge in [-0.1, -0.05) is 0 Å². The third kappa shape index (κ3) is 11.2. The Bertz CT molecular complexity index is 538. The fraction of sp³-hybridized carbons (Fsp3) is 0.789. The van der Waals surface area contributed by atoms with Gasteiger partial charge in [-0.05, 0) is 67.2 Å². The Morgan fingerprint density at radius 3 is 1.24 bits per heavy atom. The molecule has 29 heavy (non-hydrogen) atoms. The average Bonchev–Trinajstić information content (AvgIpc) is 2.49. The van der Waals surface area contributed by atoms with Crippen LogP contribution in [-0.2, 0) is 19.1 Å². The summed E-state index contributed by atoms with van der Waals surface area (Å²) in [5, 5.41) is 24.0. The Morgan fingerprint density at radius 1 is 0.690 bits per heavy atom. The van der Waals surface area contributed by atoms with Gasteiger partial charge in [0.15, 0.2) is 5.41 Å². The number of carboxylic acid groups (broad SMARTS) is 2. The molecular formula is C19H34N2O8. The Balaban J connectivity index is 4.64. The van der Waals surface area contributed by atoms with Crippen LogP contribution in [0.5, 0.6) is 0 Å². The predicted molar refractivity (Wildman–Crippen MR) is 105 cm³/mol. The lowest BCUT2D eigenvalue weighted by Gasteiger charge is -2.25. The summed E-state index contributed by atoms with van der Waals surface area (Å²) in [6.07, 6.45) is -1.40. The molecule has 0 bridgehead atoms. The summed E-state index contributed by atoms with van der Waals surface area (Å²) in [6.45, 7) is 10.4. The van der Waals surface area contributed by atoms with Gasteiger partial charge < -0.3 is 30.3 Å². The highest BCUT2D eigenvalue weighted by molar-refractivity contribution is 5.98. The van der Waals surface area contributed by atoms with Gasteiger partial charge in [-0.2, -0.15) is 0 Å². The molecule has 0 aliphatic rings. The van der Waals surface area contributed by atoms with E-state index in [2.05, 4.69) is 10.6 Å². The van der Waals surface area contributed by atoms with Crippen LogP contribution in [0.15, 0.2) is 0 Å². The van der Waals surface area contributed by atoms with Gasteiger partial charge in [0.05, 0.1) is 0 Å². The van der Waals surface area contributed by atoms with Gasteiger partial charge in [0.25, 0.3) is 0 Å². The molecule has 0 aromatic heterocycles. The Hall–Kier alpha value is -2.52. The van der Waals surface area contributed by atoms with Crippen molar-refractivity contribution in [2.75, 3.05) is 13.1 Å². The van der Waals surface area contributed by atoms with Crippen LogP contribution in [0, 0.1) is 5.41 Å². The van der Waals surface area contributed by atoms with Gasteiger partial charge in [0.1, 0.15) is 11.2 Å². The van der Waals surface area contributed by atoms with E-state index in [1.807, 2.05) is 0 Å². The number of nitrogens with one attached hydrogen (secondary N) is 2. The molecule has 0 aromatic rings. The number of aliphatic carboxylic acids is 2. The highest BCUT2D eigenvalue weighted by Crippen LogP contribution is 2.30. The van der Waals surface area contributed by atoms with Crippen molar-refractivity contribution in [1.82, 2.24) is 10.6 Å². The second-order valence-electron chi connectivity index (χ2n) is 8.76. The third-order valence-electron chi connectivity index (χ3n) is 3.72. The zero-order valence-corrected chi connectivity index (χ0v) is 18.1. The van der Waals surface area contributed by atoms with Crippen LogP contribution >= 0.6 is 0 Å². The lowest BCUT2D eigenvalue weighted by atomic mass is 9.79. The van der Waals surface area contributed by atoms with Crippen LogP contribution in [0.1, 0.15) is 67.2 Å². The largest absolute Gasteiger partial charge is 0.480 e. The maximum Gasteiger partial charge on any atom is 0.407 e. The van der Waals surface area contributed by atoms with Crippen molar-refractivity contribution < 1.29 is 38.9 Å². The summed E-state index contributed by atoms with van der Waals surface area (Å²) < 4.78 is 10.1. The molecule has 0 fully saturated rings. The SMILES string of the molecule is CC(C)(C)OC(=O)NCCCC(CCCNC(=O)OC(C)(C)C)(C(=O)O)C(=O)O. The van der Waals surface area contributed by atoms with Crippen molar-refractivity contribution in [2.45, 2.75) is 78.4 Å². The maximum absolute atomic E-state index is 11.7. The molecule has 0 aliphatic carbocycles. The molecule has 0 rings (SSSR count). The smallest absolute Gasteiger partial charge is 0.407 e. The van der Waals surface area contributed by atoms with E-state index in [0.29, 0.717) is 0 Å². The number of carbonyl (C=O) groups is 4. The van der Waals surface area contributed by atoms with E-state index in [9.17, 15) is 29.4 Å². The van der Waals surface area contributed by atoms with Crippen molar-refractivity contribution in [3.8, 4) is 0 Å². The van der Waals surface area contributed by atoms with E-state index in [0.717, 1.165) is 0 Å². The summed E-state index contributed by atoms with van der Waals surface area (Å²) >= 11 is 0. The topological polar surface area (TPSA) is 151 Å². The van der Waals surface area contributed by atoms with Crippen LogP contribution in [0.3, 0.4) is 0 Å². The highest BCUT2D eigenvalue weighted by atomic mass is 16.6. The summed E-state index contributed by atoms with van der Waals surface area (Å²) in [5.74, 6) is -2.92. The van der Waals surface area contributed by atoms with Crippen LogP contribution in [-0.4, -0.2) is 58.6 Å².